The molecule has 2 rings (SSSR count). The van der Waals surface area contributed by atoms with Crippen LogP contribution in [0.25, 0.3) is 0 Å². The van der Waals surface area contributed by atoms with Crippen molar-refractivity contribution in [3.05, 3.63) is 24.3 Å². The van der Waals surface area contributed by atoms with E-state index in [0.29, 0.717) is 17.9 Å². The maximum atomic E-state index is 12.3. The van der Waals surface area contributed by atoms with Gasteiger partial charge in [-0.25, -0.2) is 13.6 Å². The van der Waals surface area contributed by atoms with Crippen molar-refractivity contribution in [2.75, 3.05) is 11.1 Å². The summed E-state index contributed by atoms with van der Waals surface area (Å²) in [5, 5.41) is 7.69. The molecule has 0 spiro atoms. The van der Waals surface area contributed by atoms with Crippen molar-refractivity contribution in [3.63, 3.8) is 0 Å². The molecule has 9 heteroatoms. The van der Waals surface area contributed by atoms with Gasteiger partial charge in [0.25, 0.3) is 0 Å². The molecule has 1 aliphatic heterocycles. The Kier molecular flexibility index (Phi) is 4.50. The Morgan fingerprint density at radius 3 is 2.50 bits per heavy atom. The molecule has 3 N–H and O–H groups in total. The number of rotatable bonds is 4. The van der Waals surface area contributed by atoms with Crippen molar-refractivity contribution >= 4 is 39.8 Å². The third-order valence-electron chi connectivity index (χ3n) is 3.42. The molecule has 0 aromatic heterocycles. The summed E-state index contributed by atoms with van der Waals surface area (Å²) in [5.41, 5.74) is 0.443. The molecule has 22 heavy (non-hydrogen) atoms. The minimum absolute atomic E-state index is 0.0300. The van der Waals surface area contributed by atoms with Crippen molar-refractivity contribution in [3.8, 4) is 0 Å². The van der Waals surface area contributed by atoms with E-state index in [0.717, 1.165) is 0 Å². The molecule has 1 fully saturated rings. The monoisotopic (exact) mass is 343 g/mol. The molecule has 1 aromatic carbocycles. The van der Waals surface area contributed by atoms with Crippen molar-refractivity contribution in [1.29, 1.82) is 0 Å². The third kappa shape index (κ3) is 3.42. The highest BCUT2D eigenvalue weighted by molar-refractivity contribution is 8.00. The first-order valence-corrected chi connectivity index (χ1v) is 9.00. The number of carbonyl (C=O) groups is 2. The molecule has 1 heterocycles. The average Bonchev–Trinajstić information content (AvgIpc) is 2.73. The maximum absolute atomic E-state index is 12.3. The number of amides is 2. The molecule has 7 nitrogen and oxygen atoms in total. The second-order valence-electron chi connectivity index (χ2n) is 5.34. The van der Waals surface area contributed by atoms with Gasteiger partial charge in [-0.2, -0.15) is 0 Å². The van der Waals surface area contributed by atoms with E-state index in [4.69, 9.17) is 5.14 Å². The minimum atomic E-state index is -3.76. The average molecular weight is 343 g/mol. The van der Waals surface area contributed by atoms with Crippen LogP contribution in [0.4, 0.5) is 5.69 Å². The number of benzene rings is 1. The first-order chi connectivity index (χ1) is 10.1. The molecular weight excluding hydrogens is 326 g/mol. The van der Waals surface area contributed by atoms with E-state index in [1.165, 1.54) is 40.9 Å². The third-order valence-corrected chi connectivity index (χ3v) is 5.75. The summed E-state index contributed by atoms with van der Waals surface area (Å²) >= 11 is 1.52. The van der Waals surface area contributed by atoms with Crippen LogP contribution in [0.1, 0.15) is 13.8 Å². The molecular formula is C13H17N3O4S2. The van der Waals surface area contributed by atoms with Crippen LogP contribution in [0, 0.1) is 0 Å². The smallest absolute Gasteiger partial charge is 0.248 e. The van der Waals surface area contributed by atoms with Gasteiger partial charge in [0.15, 0.2) is 0 Å². The van der Waals surface area contributed by atoms with Crippen LogP contribution in [-0.4, -0.2) is 42.3 Å². The van der Waals surface area contributed by atoms with Crippen LogP contribution in [0.15, 0.2) is 29.2 Å². The van der Waals surface area contributed by atoms with E-state index in [-0.39, 0.29) is 10.8 Å². The predicted molar refractivity (Wildman–Crippen MR) is 84.7 cm³/mol. The summed E-state index contributed by atoms with van der Waals surface area (Å²) in [5.74, 6) is 0.195. The molecule has 2 amide bonds. The molecule has 1 aliphatic rings. The summed E-state index contributed by atoms with van der Waals surface area (Å²) in [4.78, 5) is 24.5. The van der Waals surface area contributed by atoms with Gasteiger partial charge in [-0.3, -0.25) is 9.59 Å². The number of thioether (sulfide) groups is 1. The number of primary sulfonamides is 1. The summed E-state index contributed by atoms with van der Waals surface area (Å²) < 4.78 is 22.3. The summed E-state index contributed by atoms with van der Waals surface area (Å²) in [6.07, 6.45) is 0.675. The Hall–Kier alpha value is -1.58. The number of carbonyl (C=O) groups excluding carboxylic acids is 2. The van der Waals surface area contributed by atoms with E-state index >= 15 is 0 Å². The van der Waals surface area contributed by atoms with Gasteiger partial charge in [0.1, 0.15) is 6.04 Å². The van der Waals surface area contributed by atoms with Gasteiger partial charge in [-0.05, 0) is 38.1 Å². The zero-order valence-electron chi connectivity index (χ0n) is 12.1. The van der Waals surface area contributed by atoms with E-state index in [1.54, 1.807) is 0 Å². The number of hydrogen-bond acceptors (Lipinski definition) is 5. The lowest BCUT2D eigenvalue weighted by molar-refractivity contribution is -0.130. The van der Waals surface area contributed by atoms with Crippen LogP contribution >= 0.6 is 11.8 Å². The van der Waals surface area contributed by atoms with Gasteiger partial charge >= 0.3 is 0 Å². The number of nitrogens with two attached hydrogens (primary N) is 1. The molecule has 0 saturated carbocycles. The zero-order chi connectivity index (χ0) is 16.5. The van der Waals surface area contributed by atoms with Gasteiger partial charge in [0.2, 0.25) is 22.3 Å². The number of nitrogens with zero attached hydrogens (tertiary/aromatic N) is 1. The molecule has 1 unspecified atom stereocenters. The molecule has 1 saturated heterocycles. The van der Waals surface area contributed by atoms with Crippen molar-refractivity contribution in [2.45, 2.75) is 29.7 Å². The maximum Gasteiger partial charge on any atom is 0.248 e. The Labute approximate surface area is 133 Å². The molecule has 0 bridgehead atoms. The Morgan fingerprint density at radius 2 is 2.00 bits per heavy atom. The number of anilines is 1. The summed E-state index contributed by atoms with van der Waals surface area (Å²) in [7, 11) is -3.76. The highest BCUT2D eigenvalue weighted by atomic mass is 32.2. The van der Waals surface area contributed by atoms with Crippen LogP contribution in [0.3, 0.4) is 0 Å². The van der Waals surface area contributed by atoms with Gasteiger partial charge in [-0.1, -0.05) is 0 Å². The second kappa shape index (κ2) is 5.90. The fourth-order valence-corrected chi connectivity index (χ4v) is 3.88. The number of sulfonamides is 1. The lowest BCUT2D eigenvalue weighted by Crippen LogP contribution is -2.47. The van der Waals surface area contributed by atoms with Crippen molar-refractivity contribution < 1.29 is 18.0 Å². The standard InChI is InChI=1S/C13H17N3O4S2/c1-13(2)16(8-17)11(7-21-13)12(18)15-9-3-5-10(6-4-9)22(14,19)20/h3-6,8,11H,7H2,1-2H3,(H,15,18)(H2,14,19,20). The topological polar surface area (TPSA) is 110 Å². The highest BCUT2D eigenvalue weighted by Crippen LogP contribution is 2.37. The normalized spacial score (nSPS) is 20.7. The Bertz CT molecular complexity index is 686. The van der Waals surface area contributed by atoms with E-state index in [9.17, 15) is 18.0 Å². The first-order valence-electron chi connectivity index (χ1n) is 6.46. The molecule has 0 aliphatic carbocycles. The molecule has 1 atom stereocenters. The second-order valence-corrected chi connectivity index (χ2v) is 8.53. The van der Waals surface area contributed by atoms with Crippen LogP contribution in [-0.2, 0) is 19.6 Å². The van der Waals surface area contributed by atoms with Gasteiger partial charge in [0, 0.05) is 11.4 Å². The van der Waals surface area contributed by atoms with Gasteiger partial charge in [0.05, 0.1) is 9.77 Å². The fraction of sp³-hybridized carbons (Fsp3) is 0.385. The first kappa shape index (κ1) is 16.8. The summed E-state index contributed by atoms with van der Waals surface area (Å²) in [6.45, 7) is 3.75. The lowest BCUT2D eigenvalue weighted by Gasteiger charge is -2.30. The quantitative estimate of drug-likeness (QED) is 0.777. The van der Waals surface area contributed by atoms with E-state index in [2.05, 4.69) is 5.32 Å². The SMILES string of the molecule is CC1(C)SCC(C(=O)Nc2ccc(S(N)(=O)=O)cc2)N1C=O. The zero-order valence-corrected chi connectivity index (χ0v) is 13.8. The fourth-order valence-electron chi connectivity index (χ4n) is 2.17. The molecule has 120 valence electrons. The van der Waals surface area contributed by atoms with Crippen molar-refractivity contribution in [2.24, 2.45) is 5.14 Å². The summed E-state index contributed by atoms with van der Waals surface area (Å²) in [6, 6.07) is 4.98. The van der Waals surface area contributed by atoms with Gasteiger partial charge in [-0.15, -0.1) is 11.8 Å². The predicted octanol–water partition coefficient (Wildman–Crippen LogP) is 0.582. The van der Waals surface area contributed by atoms with Gasteiger partial charge < -0.3 is 10.2 Å². The van der Waals surface area contributed by atoms with E-state index in [1.807, 2.05) is 13.8 Å². The Balaban J connectivity index is 2.11. The van der Waals surface area contributed by atoms with Crippen molar-refractivity contribution in [1.82, 2.24) is 4.90 Å². The largest absolute Gasteiger partial charge is 0.324 e. The highest BCUT2D eigenvalue weighted by Gasteiger charge is 2.42. The minimum Gasteiger partial charge on any atom is -0.324 e. The van der Waals surface area contributed by atoms with Crippen LogP contribution in [0.2, 0.25) is 0 Å². The molecule has 1 aromatic rings. The lowest BCUT2D eigenvalue weighted by atomic mass is 10.2. The molecule has 0 radical (unpaired) electrons. The number of hydrogen-bond donors (Lipinski definition) is 2. The van der Waals surface area contributed by atoms with E-state index < -0.39 is 20.9 Å². The van der Waals surface area contributed by atoms with Crippen LogP contribution < -0.4 is 10.5 Å². The Morgan fingerprint density at radius 1 is 1.41 bits per heavy atom. The number of nitrogens with one attached hydrogen (secondary N) is 1. The van der Waals surface area contributed by atoms with Crippen LogP contribution in [0.5, 0.6) is 0 Å².